The quantitative estimate of drug-likeness (QED) is 0.866. The van der Waals surface area contributed by atoms with Crippen molar-refractivity contribution in [2.24, 2.45) is 5.92 Å². The zero-order valence-electron chi connectivity index (χ0n) is 14.1. The van der Waals surface area contributed by atoms with Crippen LogP contribution >= 0.6 is 0 Å². The predicted molar refractivity (Wildman–Crippen MR) is 88.3 cm³/mol. The number of carbonyl (C=O) groups is 1. The molecule has 0 radical (unpaired) electrons. The average Bonchev–Trinajstić information content (AvgIpc) is 2.93. The molecule has 0 N–H and O–H groups in total. The Bertz CT molecular complexity index is 687. The third kappa shape index (κ3) is 3.52. The summed E-state index contributed by atoms with van der Waals surface area (Å²) in [5.74, 6) is 0.766. The van der Waals surface area contributed by atoms with Crippen LogP contribution in [0.25, 0.3) is 11.1 Å². The molecule has 0 bridgehead atoms. The molecule has 3 heterocycles. The number of aromatic nitrogens is 2. The number of hydrogen-bond donors (Lipinski definition) is 0. The van der Waals surface area contributed by atoms with E-state index in [9.17, 15) is 4.79 Å². The normalized spacial score (nSPS) is 16.4. The first-order valence-corrected chi connectivity index (χ1v) is 8.28. The maximum absolute atomic E-state index is 12.7. The highest BCUT2D eigenvalue weighted by atomic mass is 16.5. The number of piperazine rings is 1. The van der Waals surface area contributed by atoms with Crippen molar-refractivity contribution in [2.75, 3.05) is 32.7 Å². The van der Waals surface area contributed by atoms with Gasteiger partial charge in [-0.2, -0.15) is 0 Å². The Morgan fingerprint density at radius 3 is 2.74 bits per heavy atom. The minimum absolute atomic E-state index is 0.0449. The maximum Gasteiger partial charge on any atom is 0.257 e. The molecule has 2 aromatic heterocycles. The largest absolute Gasteiger partial charge is 0.336 e. The number of nitrogens with zero attached hydrogens (tertiary/aromatic N) is 4. The number of aryl methyl sites for hydroxylation is 1. The predicted octanol–water partition coefficient (Wildman–Crippen LogP) is 2.34. The molecule has 0 unspecified atom stereocenters. The van der Waals surface area contributed by atoms with Crippen LogP contribution in [0.5, 0.6) is 0 Å². The third-order valence-electron chi connectivity index (χ3n) is 4.44. The Hall–Kier alpha value is -1.95. The highest BCUT2D eigenvalue weighted by molar-refractivity contribution is 5.97. The molecule has 6 nitrogen and oxygen atoms in total. The Morgan fingerprint density at radius 2 is 2.04 bits per heavy atom. The first-order valence-electron chi connectivity index (χ1n) is 8.28. The van der Waals surface area contributed by atoms with E-state index in [2.05, 4.69) is 28.9 Å². The molecule has 3 rings (SSSR count). The molecule has 0 atom stereocenters. The Morgan fingerprint density at radius 1 is 1.30 bits per heavy atom. The first-order chi connectivity index (χ1) is 11.0. The number of carbonyl (C=O) groups excluding carboxylic acids is 1. The number of fused-ring (bicyclic) bond motifs is 1. The van der Waals surface area contributed by atoms with E-state index in [4.69, 9.17) is 4.52 Å². The topological polar surface area (TPSA) is 62.5 Å². The van der Waals surface area contributed by atoms with Crippen LogP contribution in [0, 0.1) is 12.8 Å². The number of amides is 1. The molecule has 1 aliphatic rings. The van der Waals surface area contributed by atoms with Gasteiger partial charge in [0.2, 0.25) is 0 Å². The summed E-state index contributed by atoms with van der Waals surface area (Å²) in [6.45, 7) is 10.9. The van der Waals surface area contributed by atoms with Gasteiger partial charge in [-0.3, -0.25) is 9.69 Å². The molecule has 0 saturated carbocycles. The van der Waals surface area contributed by atoms with Crippen molar-refractivity contribution in [3.05, 3.63) is 23.5 Å². The molecular formula is C17H24N4O2. The van der Waals surface area contributed by atoms with Gasteiger partial charge < -0.3 is 9.42 Å². The summed E-state index contributed by atoms with van der Waals surface area (Å²) in [6, 6.07) is 1.83. The summed E-state index contributed by atoms with van der Waals surface area (Å²) in [5.41, 5.74) is 1.86. The molecule has 0 spiro atoms. The van der Waals surface area contributed by atoms with Gasteiger partial charge in [0.25, 0.3) is 11.6 Å². The number of rotatable bonds is 4. The van der Waals surface area contributed by atoms with Crippen molar-refractivity contribution in [3.63, 3.8) is 0 Å². The van der Waals surface area contributed by atoms with Gasteiger partial charge in [-0.15, -0.1) is 0 Å². The summed E-state index contributed by atoms with van der Waals surface area (Å²) in [5, 5.41) is 4.70. The molecule has 1 amide bonds. The zero-order chi connectivity index (χ0) is 16.4. The lowest BCUT2D eigenvalue weighted by Gasteiger charge is -2.35. The Kier molecular flexibility index (Phi) is 4.61. The van der Waals surface area contributed by atoms with E-state index in [-0.39, 0.29) is 5.91 Å². The van der Waals surface area contributed by atoms with Gasteiger partial charge in [0.1, 0.15) is 0 Å². The van der Waals surface area contributed by atoms with E-state index in [1.165, 1.54) is 6.42 Å². The lowest BCUT2D eigenvalue weighted by molar-refractivity contribution is 0.0631. The number of pyridine rings is 1. The average molecular weight is 316 g/mol. The molecule has 23 heavy (non-hydrogen) atoms. The Balaban J connectivity index is 1.63. The van der Waals surface area contributed by atoms with Gasteiger partial charge in [-0.05, 0) is 31.9 Å². The van der Waals surface area contributed by atoms with E-state index in [0.29, 0.717) is 11.3 Å². The van der Waals surface area contributed by atoms with E-state index >= 15 is 0 Å². The molecule has 124 valence electrons. The second kappa shape index (κ2) is 6.66. The van der Waals surface area contributed by atoms with Gasteiger partial charge in [-0.25, -0.2) is 4.98 Å². The van der Waals surface area contributed by atoms with Crippen molar-refractivity contribution in [1.29, 1.82) is 0 Å². The lowest BCUT2D eigenvalue weighted by atomic mass is 10.1. The standard InChI is InChI=1S/C17H24N4O2/c1-12(2)4-5-20-6-8-21(9-7-20)17(22)14-10-15-13(3)19-23-16(15)18-11-14/h10-12H,4-9H2,1-3H3. The summed E-state index contributed by atoms with van der Waals surface area (Å²) in [7, 11) is 0. The van der Waals surface area contributed by atoms with Crippen LogP contribution in [-0.2, 0) is 0 Å². The summed E-state index contributed by atoms with van der Waals surface area (Å²) >= 11 is 0. The van der Waals surface area contributed by atoms with Gasteiger partial charge in [0.05, 0.1) is 16.6 Å². The molecule has 0 aliphatic carbocycles. The van der Waals surface area contributed by atoms with Gasteiger partial charge >= 0.3 is 0 Å². The van der Waals surface area contributed by atoms with Crippen LogP contribution in [0.1, 0.15) is 36.3 Å². The third-order valence-corrected chi connectivity index (χ3v) is 4.44. The molecule has 1 aliphatic heterocycles. The Labute approximate surface area is 136 Å². The molecule has 6 heteroatoms. The monoisotopic (exact) mass is 316 g/mol. The molecular weight excluding hydrogens is 292 g/mol. The molecule has 2 aromatic rings. The van der Waals surface area contributed by atoms with Crippen LogP contribution in [0.3, 0.4) is 0 Å². The fraction of sp³-hybridized carbons (Fsp3) is 0.588. The highest BCUT2D eigenvalue weighted by Gasteiger charge is 2.23. The maximum atomic E-state index is 12.7. The summed E-state index contributed by atoms with van der Waals surface area (Å²) in [6.07, 6.45) is 2.79. The fourth-order valence-corrected chi connectivity index (χ4v) is 2.86. The van der Waals surface area contributed by atoms with Crippen molar-refractivity contribution in [3.8, 4) is 0 Å². The fourth-order valence-electron chi connectivity index (χ4n) is 2.86. The van der Waals surface area contributed by atoms with Crippen LogP contribution < -0.4 is 0 Å². The first kappa shape index (κ1) is 15.9. The molecule has 1 saturated heterocycles. The molecule has 1 fully saturated rings. The van der Waals surface area contributed by atoms with Crippen LogP contribution in [0.15, 0.2) is 16.8 Å². The van der Waals surface area contributed by atoms with Crippen molar-refractivity contribution in [1.82, 2.24) is 19.9 Å². The van der Waals surface area contributed by atoms with Crippen molar-refractivity contribution in [2.45, 2.75) is 27.2 Å². The van der Waals surface area contributed by atoms with Crippen LogP contribution in [-0.4, -0.2) is 58.6 Å². The summed E-state index contributed by atoms with van der Waals surface area (Å²) in [4.78, 5) is 21.2. The smallest absolute Gasteiger partial charge is 0.257 e. The SMILES string of the molecule is Cc1noc2ncc(C(=O)N3CCN(CCC(C)C)CC3)cc12. The second-order valence-electron chi connectivity index (χ2n) is 6.66. The zero-order valence-corrected chi connectivity index (χ0v) is 14.1. The van der Waals surface area contributed by atoms with Crippen molar-refractivity contribution >= 4 is 17.0 Å². The van der Waals surface area contributed by atoms with E-state index in [0.717, 1.165) is 49.7 Å². The second-order valence-corrected chi connectivity index (χ2v) is 6.66. The van der Waals surface area contributed by atoms with Crippen molar-refractivity contribution < 1.29 is 9.32 Å². The summed E-state index contributed by atoms with van der Waals surface area (Å²) < 4.78 is 5.10. The van der Waals surface area contributed by atoms with Gasteiger partial charge in [-0.1, -0.05) is 19.0 Å². The van der Waals surface area contributed by atoms with Crippen LogP contribution in [0.2, 0.25) is 0 Å². The van der Waals surface area contributed by atoms with Crippen LogP contribution in [0.4, 0.5) is 0 Å². The van der Waals surface area contributed by atoms with Gasteiger partial charge in [0, 0.05) is 32.4 Å². The number of hydrogen-bond acceptors (Lipinski definition) is 5. The highest BCUT2D eigenvalue weighted by Crippen LogP contribution is 2.18. The van der Waals surface area contributed by atoms with E-state index < -0.39 is 0 Å². The van der Waals surface area contributed by atoms with E-state index in [1.54, 1.807) is 6.20 Å². The lowest BCUT2D eigenvalue weighted by Crippen LogP contribution is -2.49. The minimum Gasteiger partial charge on any atom is -0.336 e. The van der Waals surface area contributed by atoms with E-state index in [1.807, 2.05) is 17.9 Å². The minimum atomic E-state index is 0.0449. The van der Waals surface area contributed by atoms with Gasteiger partial charge in [0.15, 0.2) is 0 Å². The molecule has 0 aromatic carbocycles.